The normalized spacial score (nSPS) is 11.0. The van der Waals surface area contributed by atoms with Gasteiger partial charge in [0.15, 0.2) is 9.84 Å². The van der Waals surface area contributed by atoms with Crippen LogP contribution >= 0.6 is 11.6 Å². The minimum Gasteiger partial charge on any atom is -0.495 e. The summed E-state index contributed by atoms with van der Waals surface area (Å²) in [5, 5.41) is 3.04. The molecule has 22 heavy (non-hydrogen) atoms. The van der Waals surface area contributed by atoms with Gasteiger partial charge in [-0.25, -0.2) is 8.42 Å². The molecule has 0 heterocycles. The molecule has 0 spiro atoms. The molecule has 0 aromatic heterocycles. The van der Waals surface area contributed by atoms with Crippen LogP contribution in [0.5, 0.6) is 5.75 Å². The zero-order valence-corrected chi connectivity index (χ0v) is 13.5. The quantitative estimate of drug-likeness (QED) is 0.929. The van der Waals surface area contributed by atoms with E-state index in [1.807, 2.05) is 0 Å². The molecular weight excluding hydrogens is 326 g/mol. The fourth-order valence-corrected chi connectivity index (χ4v) is 3.00. The molecule has 116 valence electrons. The molecule has 0 atom stereocenters. The number of carbonyl (C=O) groups excluding carboxylic acids is 1. The maximum Gasteiger partial charge on any atom is 0.257 e. The van der Waals surface area contributed by atoms with Crippen LogP contribution in [0.15, 0.2) is 47.4 Å². The van der Waals surface area contributed by atoms with Gasteiger partial charge in [-0.15, -0.1) is 0 Å². The van der Waals surface area contributed by atoms with E-state index < -0.39 is 15.7 Å². The Morgan fingerprint density at radius 2 is 1.86 bits per heavy atom. The number of hydrogen-bond acceptors (Lipinski definition) is 4. The first-order valence-corrected chi connectivity index (χ1v) is 8.54. The third-order valence-corrected chi connectivity index (χ3v) is 4.33. The molecule has 0 radical (unpaired) electrons. The lowest BCUT2D eigenvalue weighted by Gasteiger charge is -2.12. The molecule has 0 aliphatic heterocycles. The van der Waals surface area contributed by atoms with Crippen LogP contribution in [-0.4, -0.2) is 27.7 Å². The van der Waals surface area contributed by atoms with Crippen LogP contribution in [-0.2, 0) is 9.84 Å². The Balaban J connectivity index is 2.41. The SMILES string of the molecule is COc1ccc(Cl)cc1NC(=O)c1ccccc1S(C)(=O)=O. The fourth-order valence-electron chi connectivity index (χ4n) is 1.95. The van der Waals surface area contributed by atoms with Gasteiger partial charge in [0, 0.05) is 11.3 Å². The topological polar surface area (TPSA) is 72.5 Å². The van der Waals surface area contributed by atoms with E-state index in [9.17, 15) is 13.2 Å². The number of carbonyl (C=O) groups is 1. The third kappa shape index (κ3) is 3.58. The van der Waals surface area contributed by atoms with E-state index in [4.69, 9.17) is 16.3 Å². The lowest BCUT2D eigenvalue weighted by Crippen LogP contribution is -2.16. The maximum atomic E-state index is 12.4. The van der Waals surface area contributed by atoms with Gasteiger partial charge in [-0.3, -0.25) is 4.79 Å². The second-order valence-electron chi connectivity index (χ2n) is 4.57. The van der Waals surface area contributed by atoms with Gasteiger partial charge in [0.2, 0.25) is 0 Å². The molecule has 0 aliphatic rings. The molecule has 0 fully saturated rings. The molecule has 2 aromatic carbocycles. The summed E-state index contributed by atoms with van der Waals surface area (Å²) in [6, 6.07) is 10.8. The van der Waals surface area contributed by atoms with Gasteiger partial charge in [0.1, 0.15) is 5.75 Å². The fraction of sp³-hybridized carbons (Fsp3) is 0.133. The van der Waals surface area contributed by atoms with Gasteiger partial charge in [0.05, 0.1) is 23.3 Å². The summed E-state index contributed by atoms with van der Waals surface area (Å²) < 4.78 is 28.7. The van der Waals surface area contributed by atoms with Crippen LogP contribution in [0.4, 0.5) is 5.69 Å². The molecular formula is C15H14ClNO4S. The van der Waals surface area contributed by atoms with Crippen molar-refractivity contribution in [2.45, 2.75) is 4.90 Å². The van der Waals surface area contributed by atoms with Crippen molar-refractivity contribution in [3.8, 4) is 5.75 Å². The van der Waals surface area contributed by atoms with Crippen LogP contribution in [0.1, 0.15) is 10.4 Å². The number of rotatable bonds is 4. The number of sulfone groups is 1. The highest BCUT2D eigenvalue weighted by molar-refractivity contribution is 7.90. The van der Waals surface area contributed by atoms with Gasteiger partial charge in [-0.2, -0.15) is 0 Å². The molecule has 5 nitrogen and oxygen atoms in total. The average molecular weight is 340 g/mol. The second-order valence-corrected chi connectivity index (χ2v) is 6.99. The number of nitrogens with one attached hydrogen (secondary N) is 1. The van der Waals surface area contributed by atoms with Gasteiger partial charge in [-0.1, -0.05) is 23.7 Å². The Morgan fingerprint density at radius 3 is 2.50 bits per heavy atom. The first-order valence-electron chi connectivity index (χ1n) is 6.27. The maximum absolute atomic E-state index is 12.4. The van der Waals surface area contributed by atoms with Crippen molar-refractivity contribution in [3.63, 3.8) is 0 Å². The number of methoxy groups -OCH3 is 1. The van der Waals surface area contributed by atoms with Crippen molar-refractivity contribution < 1.29 is 17.9 Å². The summed E-state index contributed by atoms with van der Waals surface area (Å²) in [6.45, 7) is 0. The summed E-state index contributed by atoms with van der Waals surface area (Å²) >= 11 is 5.90. The van der Waals surface area contributed by atoms with E-state index in [0.29, 0.717) is 16.5 Å². The van der Waals surface area contributed by atoms with Crippen molar-refractivity contribution in [3.05, 3.63) is 53.1 Å². The Morgan fingerprint density at radius 1 is 1.18 bits per heavy atom. The van der Waals surface area contributed by atoms with E-state index in [2.05, 4.69) is 5.32 Å². The molecule has 0 saturated heterocycles. The predicted octanol–water partition coefficient (Wildman–Crippen LogP) is 3.00. The molecule has 0 bridgehead atoms. The first kappa shape index (κ1) is 16.3. The van der Waals surface area contributed by atoms with Gasteiger partial charge in [-0.05, 0) is 30.3 Å². The van der Waals surface area contributed by atoms with Crippen LogP contribution in [0, 0.1) is 0 Å². The Kier molecular flexibility index (Phi) is 4.73. The summed E-state index contributed by atoms with van der Waals surface area (Å²) in [7, 11) is -2.05. The molecule has 2 rings (SSSR count). The van der Waals surface area contributed by atoms with E-state index in [1.54, 1.807) is 24.3 Å². The van der Waals surface area contributed by atoms with Gasteiger partial charge < -0.3 is 10.1 Å². The van der Waals surface area contributed by atoms with Crippen molar-refractivity contribution in [2.75, 3.05) is 18.7 Å². The van der Waals surface area contributed by atoms with Crippen LogP contribution in [0.2, 0.25) is 5.02 Å². The Labute approximate surface area is 133 Å². The summed E-state index contributed by atoms with van der Waals surface area (Å²) in [4.78, 5) is 12.4. The highest BCUT2D eigenvalue weighted by atomic mass is 35.5. The third-order valence-electron chi connectivity index (χ3n) is 2.94. The van der Waals surface area contributed by atoms with Crippen molar-refractivity contribution in [1.82, 2.24) is 0 Å². The highest BCUT2D eigenvalue weighted by Gasteiger charge is 2.19. The van der Waals surface area contributed by atoms with Crippen molar-refractivity contribution in [2.24, 2.45) is 0 Å². The van der Waals surface area contributed by atoms with Crippen LogP contribution in [0.25, 0.3) is 0 Å². The molecule has 7 heteroatoms. The number of ether oxygens (including phenoxy) is 1. The molecule has 1 amide bonds. The number of hydrogen-bond donors (Lipinski definition) is 1. The lowest BCUT2D eigenvalue weighted by molar-refractivity contribution is 0.102. The summed E-state index contributed by atoms with van der Waals surface area (Å²) in [6.07, 6.45) is 1.05. The molecule has 2 aromatic rings. The smallest absolute Gasteiger partial charge is 0.257 e. The number of anilines is 1. The zero-order chi connectivity index (χ0) is 16.3. The standard InChI is InChI=1S/C15H14ClNO4S/c1-21-13-8-7-10(16)9-12(13)17-15(18)11-5-3-4-6-14(11)22(2,19)20/h3-9H,1-2H3,(H,17,18). The number of benzene rings is 2. The molecule has 0 aliphatic carbocycles. The van der Waals surface area contributed by atoms with Crippen LogP contribution < -0.4 is 10.1 Å². The number of halogens is 1. The van der Waals surface area contributed by atoms with Gasteiger partial charge >= 0.3 is 0 Å². The number of amides is 1. The molecule has 0 unspecified atom stereocenters. The van der Waals surface area contributed by atoms with Crippen molar-refractivity contribution >= 4 is 33.0 Å². The highest BCUT2D eigenvalue weighted by Crippen LogP contribution is 2.28. The van der Waals surface area contributed by atoms with E-state index in [0.717, 1.165) is 6.26 Å². The molecule has 0 saturated carbocycles. The van der Waals surface area contributed by atoms with Crippen LogP contribution in [0.3, 0.4) is 0 Å². The van der Waals surface area contributed by atoms with Crippen molar-refractivity contribution in [1.29, 1.82) is 0 Å². The Bertz CT molecular complexity index is 818. The predicted molar refractivity (Wildman–Crippen MR) is 85.5 cm³/mol. The monoisotopic (exact) mass is 339 g/mol. The Hall–Kier alpha value is -2.05. The summed E-state index contributed by atoms with van der Waals surface area (Å²) in [5.74, 6) is -0.129. The zero-order valence-electron chi connectivity index (χ0n) is 12.0. The molecule has 1 N–H and O–H groups in total. The minimum atomic E-state index is -3.51. The lowest BCUT2D eigenvalue weighted by atomic mass is 10.2. The van der Waals surface area contributed by atoms with Gasteiger partial charge in [0.25, 0.3) is 5.91 Å². The largest absolute Gasteiger partial charge is 0.495 e. The summed E-state index contributed by atoms with van der Waals surface area (Å²) in [5.41, 5.74) is 0.426. The van der Waals surface area contributed by atoms with E-state index >= 15 is 0 Å². The average Bonchev–Trinajstić information content (AvgIpc) is 2.46. The van der Waals surface area contributed by atoms with E-state index in [-0.39, 0.29) is 10.5 Å². The van der Waals surface area contributed by atoms with E-state index in [1.165, 1.54) is 25.3 Å². The second kappa shape index (κ2) is 6.37. The first-order chi connectivity index (χ1) is 10.3. The minimum absolute atomic E-state index is 0.0338.